The second-order valence-electron chi connectivity index (χ2n) is 9.28. The number of hydrogen-bond acceptors (Lipinski definition) is 8. The van der Waals surface area contributed by atoms with E-state index in [0.717, 1.165) is 59.3 Å². The molecule has 6 rings (SSSR count). The molecule has 0 atom stereocenters. The molecule has 2 fully saturated rings. The molecule has 0 amide bonds. The van der Waals surface area contributed by atoms with E-state index in [0.29, 0.717) is 44.7 Å². The zero-order valence-electron chi connectivity index (χ0n) is 19.6. The first kappa shape index (κ1) is 22.4. The maximum absolute atomic E-state index is 11.9. The van der Waals surface area contributed by atoms with Crippen LogP contribution in [0.25, 0.3) is 33.3 Å². The van der Waals surface area contributed by atoms with E-state index < -0.39 is 10.0 Å². The minimum Gasteiger partial charge on any atom is -0.378 e. The fraction of sp³-hybridized carbons (Fsp3) is 0.478. The molecule has 184 valence electrons. The van der Waals surface area contributed by atoms with Gasteiger partial charge in [-0.25, -0.2) is 27.4 Å². The Morgan fingerprint density at radius 3 is 2.69 bits per heavy atom. The highest BCUT2D eigenvalue weighted by Crippen LogP contribution is 2.31. The van der Waals surface area contributed by atoms with E-state index in [4.69, 9.17) is 19.8 Å². The third kappa shape index (κ3) is 4.37. The number of hydrogen-bond donors (Lipinski definition) is 1. The highest BCUT2D eigenvalue weighted by Gasteiger charge is 2.26. The molecule has 5 heterocycles. The van der Waals surface area contributed by atoms with Crippen LogP contribution in [-0.2, 0) is 21.3 Å². The van der Waals surface area contributed by atoms with Crippen LogP contribution in [0.1, 0.15) is 12.8 Å². The van der Waals surface area contributed by atoms with Crippen molar-refractivity contribution in [1.29, 1.82) is 0 Å². The number of sulfonamides is 1. The van der Waals surface area contributed by atoms with Gasteiger partial charge < -0.3 is 14.6 Å². The first-order valence-electron chi connectivity index (χ1n) is 11.9. The monoisotopic (exact) mass is 496 g/mol. The van der Waals surface area contributed by atoms with Gasteiger partial charge in [0.1, 0.15) is 0 Å². The normalized spacial score (nSPS) is 18.6. The number of fused-ring (bicyclic) bond motifs is 2. The van der Waals surface area contributed by atoms with Gasteiger partial charge in [-0.15, -0.1) is 0 Å². The van der Waals surface area contributed by atoms with Gasteiger partial charge in [0, 0.05) is 38.3 Å². The van der Waals surface area contributed by atoms with Gasteiger partial charge in [0.15, 0.2) is 5.65 Å². The van der Waals surface area contributed by atoms with Crippen molar-refractivity contribution in [1.82, 2.24) is 34.0 Å². The van der Waals surface area contributed by atoms with E-state index in [1.54, 1.807) is 10.6 Å². The van der Waals surface area contributed by atoms with E-state index in [1.807, 2.05) is 23.0 Å². The van der Waals surface area contributed by atoms with Crippen LogP contribution >= 0.6 is 0 Å². The molecule has 11 nitrogen and oxygen atoms in total. The van der Waals surface area contributed by atoms with Crippen LogP contribution < -0.4 is 4.90 Å². The molecule has 1 aromatic carbocycles. The lowest BCUT2D eigenvalue weighted by Gasteiger charge is -2.30. The topological polar surface area (TPSA) is 122 Å². The Labute approximate surface area is 203 Å². The number of aromatic amines is 1. The quantitative estimate of drug-likeness (QED) is 0.444. The second-order valence-corrected chi connectivity index (χ2v) is 11.3. The number of nitrogens with one attached hydrogen (secondary N) is 1. The van der Waals surface area contributed by atoms with E-state index in [9.17, 15) is 8.42 Å². The van der Waals surface area contributed by atoms with E-state index in [-0.39, 0.29) is 0 Å². The largest absolute Gasteiger partial charge is 0.378 e. The molecule has 0 bridgehead atoms. The minimum atomic E-state index is -3.14. The van der Waals surface area contributed by atoms with E-state index >= 15 is 0 Å². The van der Waals surface area contributed by atoms with Crippen molar-refractivity contribution in [3.05, 3.63) is 30.7 Å². The fourth-order valence-electron chi connectivity index (χ4n) is 4.95. The maximum atomic E-state index is 11.9. The van der Waals surface area contributed by atoms with Gasteiger partial charge in [-0.1, -0.05) is 6.07 Å². The smallest absolute Gasteiger partial charge is 0.228 e. The van der Waals surface area contributed by atoms with Gasteiger partial charge in [0.25, 0.3) is 0 Å². The zero-order chi connectivity index (χ0) is 24.0. The van der Waals surface area contributed by atoms with Gasteiger partial charge in [0.05, 0.1) is 54.1 Å². The Kier molecular flexibility index (Phi) is 5.66. The predicted octanol–water partition coefficient (Wildman–Crippen LogP) is 1.88. The van der Waals surface area contributed by atoms with E-state index in [1.165, 1.54) is 6.26 Å². The van der Waals surface area contributed by atoms with E-state index in [2.05, 4.69) is 20.9 Å². The summed E-state index contributed by atoms with van der Waals surface area (Å²) in [6, 6.07) is 6.08. The van der Waals surface area contributed by atoms with Crippen LogP contribution in [-0.4, -0.2) is 88.1 Å². The van der Waals surface area contributed by atoms with Crippen LogP contribution in [0.2, 0.25) is 0 Å². The fourth-order valence-corrected chi connectivity index (χ4v) is 5.83. The van der Waals surface area contributed by atoms with Crippen molar-refractivity contribution in [2.24, 2.45) is 5.92 Å². The summed E-state index contributed by atoms with van der Waals surface area (Å²) in [5, 5.41) is 5.60. The SMILES string of the molecule is CS(=O)(=O)N1CCC(Cn2ncc3c(-c4ccc5nc[nH]c5c4)nc(N4CCOCC4)nc32)CC1. The Hall–Kier alpha value is -3.09. The molecule has 3 aromatic heterocycles. The van der Waals surface area contributed by atoms with Crippen LogP contribution in [0, 0.1) is 5.92 Å². The Bertz CT molecular complexity index is 1470. The third-order valence-corrected chi connectivity index (χ3v) is 8.25. The van der Waals surface area contributed by atoms with Crippen LogP contribution in [0.3, 0.4) is 0 Å². The summed E-state index contributed by atoms with van der Waals surface area (Å²) in [5.74, 6) is 1.01. The standard InChI is InChI=1S/C23H28N8O3S/c1-35(32,33)30-6-4-16(5-7-30)14-31-22-18(13-26-31)21(17-2-3-19-20(12-17)25-15-24-19)27-23(28-22)29-8-10-34-11-9-29/h2-3,12-13,15-16H,4-11,14H2,1H3,(H,24,25). The van der Waals surface area contributed by atoms with Crippen LogP contribution in [0.15, 0.2) is 30.7 Å². The molecule has 0 saturated carbocycles. The Balaban J connectivity index is 1.37. The zero-order valence-corrected chi connectivity index (χ0v) is 20.4. The number of morpholine rings is 1. The van der Waals surface area contributed by atoms with Crippen molar-refractivity contribution in [3.8, 4) is 11.3 Å². The van der Waals surface area contributed by atoms with Gasteiger partial charge >= 0.3 is 0 Å². The number of nitrogens with zero attached hydrogens (tertiary/aromatic N) is 7. The number of anilines is 1. The Morgan fingerprint density at radius 1 is 1.11 bits per heavy atom. The highest BCUT2D eigenvalue weighted by molar-refractivity contribution is 7.88. The van der Waals surface area contributed by atoms with Crippen molar-refractivity contribution < 1.29 is 13.2 Å². The number of imidazole rings is 1. The summed E-state index contributed by atoms with van der Waals surface area (Å²) in [4.78, 5) is 19.6. The average Bonchev–Trinajstić information content (AvgIpc) is 3.50. The molecule has 12 heteroatoms. The average molecular weight is 497 g/mol. The van der Waals surface area contributed by atoms with Crippen LogP contribution in [0.4, 0.5) is 5.95 Å². The number of piperidine rings is 1. The lowest BCUT2D eigenvalue weighted by atomic mass is 9.98. The number of aromatic nitrogens is 6. The van der Waals surface area contributed by atoms with Gasteiger partial charge in [-0.2, -0.15) is 10.1 Å². The summed E-state index contributed by atoms with van der Waals surface area (Å²) in [7, 11) is -3.14. The van der Waals surface area contributed by atoms with Gasteiger partial charge in [-0.05, 0) is 30.9 Å². The molecule has 2 aliphatic rings. The number of benzene rings is 1. The molecule has 0 aliphatic carbocycles. The third-order valence-electron chi connectivity index (χ3n) is 6.95. The molecule has 0 unspecified atom stereocenters. The number of rotatable bonds is 5. The molecule has 0 spiro atoms. The summed E-state index contributed by atoms with van der Waals surface area (Å²) >= 11 is 0. The Morgan fingerprint density at radius 2 is 1.91 bits per heavy atom. The summed E-state index contributed by atoms with van der Waals surface area (Å²) in [6.45, 7) is 4.56. The lowest BCUT2D eigenvalue weighted by Crippen LogP contribution is -2.38. The predicted molar refractivity (Wildman–Crippen MR) is 133 cm³/mol. The minimum absolute atomic E-state index is 0.336. The van der Waals surface area contributed by atoms with Crippen molar-refractivity contribution in [2.45, 2.75) is 19.4 Å². The number of H-pyrrole nitrogens is 1. The maximum Gasteiger partial charge on any atom is 0.228 e. The molecular formula is C23H28N8O3S. The first-order valence-corrected chi connectivity index (χ1v) is 13.8. The molecule has 2 aliphatic heterocycles. The summed E-state index contributed by atoms with van der Waals surface area (Å²) in [6.07, 6.45) is 6.42. The lowest BCUT2D eigenvalue weighted by molar-refractivity contribution is 0.122. The van der Waals surface area contributed by atoms with Gasteiger partial charge in [0.2, 0.25) is 16.0 Å². The summed E-state index contributed by atoms with van der Waals surface area (Å²) < 4.78 is 32.8. The van der Waals surface area contributed by atoms with Crippen molar-refractivity contribution in [3.63, 3.8) is 0 Å². The molecule has 4 aromatic rings. The summed E-state index contributed by atoms with van der Waals surface area (Å²) in [5.41, 5.74) is 4.47. The molecule has 2 saturated heterocycles. The first-order chi connectivity index (χ1) is 17.0. The highest BCUT2D eigenvalue weighted by atomic mass is 32.2. The molecule has 1 N–H and O–H groups in total. The molecule has 0 radical (unpaired) electrons. The van der Waals surface area contributed by atoms with Crippen LogP contribution in [0.5, 0.6) is 0 Å². The number of ether oxygens (including phenoxy) is 1. The molecular weight excluding hydrogens is 468 g/mol. The van der Waals surface area contributed by atoms with Crippen molar-refractivity contribution >= 4 is 38.0 Å². The van der Waals surface area contributed by atoms with Gasteiger partial charge in [-0.3, -0.25) is 0 Å². The second kappa shape index (κ2) is 8.85. The molecule has 35 heavy (non-hydrogen) atoms. The van der Waals surface area contributed by atoms with Crippen molar-refractivity contribution in [2.75, 3.05) is 50.5 Å².